The van der Waals surface area contributed by atoms with Crippen LogP contribution < -0.4 is 9.47 Å². The van der Waals surface area contributed by atoms with Crippen molar-refractivity contribution in [3.8, 4) is 23.0 Å². The van der Waals surface area contributed by atoms with Crippen LogP contribution in [0.3, 0.4) is 0 Å². The largest absolute Gasteiger partial charge is 0.482 e. The number of nitrogens with zero attached hydrogens (tertiary/aromatic N) is 4. The summed E-state index contributed by atoms with van der Waals surface area (Å²) in [5.74, 6) is 2.14. The van der Waals surface area contributed by atoms with Gasteiger partial charge in [-0.2, -0.15) is 5.10 Å². The maximum atomic E-state index is 13.5. The molecule has 2 aliphatic rings. The van der Waals surface area contributed by atoms with E-state index in [9.17, 15) is 4.79 Å². The maximum Gasteiger partial charge on any atom is 0.268 e. The van der Waals surface area contributed by atoms with E-state index < -0.39 is 6.10 Å². The Morgan fingerprint density at radius 1 is 0.971 bits per heavy atom. The Bertz CT molecular complexity index is 1390. The van der Waals surface area contributed by atoms with Gasteiger partial charge in [-0.05, 0) is 56.7 Å². The average molecular weight is 455 g/mol. The zero-order valence-electron chi connectivity index (χ0n) is 19.4. The van der Waals surface area contributed by atoms with Gasteiger partial charge in [0.1, 0.15) is 11.9 Å². The summed E-state index contributed by atoms with van der Waals surface area (Å²) in [7, 11) is 0. The molecule has 4 aromatic rings. The summed E-state index contributed by atoms with van der Waals surface area (Å²) in [5.41, 5.74) is 5.36. The highest BCUT2D eigenvalue weighted by molar-refractivity contribution is 5.83. The summed E-state index contributed by atoms with van der Waals surface area (Å²) in [5, 5.41) is 4.97. The molecule has 2 atom stereocenters. The van der Waals surface area contributed by atoms with Gasteiger partial charge in [-0.25, -0.2) is 4.68 Å². The second-order valence-electron chi connectivity index (χ2n) is 9.04. The summed E-state index contributed by atoms with van der Waals surface area (Å²) < 4.78 is 16.1. The molecule has 0 radical (unpaired) electrons. The number of aromatic nitrogens is 3. The van der Waals surface area contributed by atoms with E-state index in [4.69, 9.17) is 14.6 Å². The summed E-state index contributed by atoms with van der Waals surface area (Å²) in [6, 6.07) is 17.8. The Balaban J connectivity index is 1.33. The van der Waals surface area contributed by atoms with Crippen LogP contribution in [0.25, 0.3) is 11.5 Å². The first-order valence-electron chi connectivity index (χ1n) is 11.5. The highest BCUT2D eigenvalue weighted by atomic mass is 16.6. The Hall–Kier alpha value is -4.00. The van der Waals surface area contributed by atoms with Crippen molar-refractivity contribution in [3.63, 3.8) is 0 Å². The molecule has 2 aliphatic heterocycles. The van der Waals surface area contributed by atoms with Crippen molar-refractivity contribution >= 4 is 5.91 Å². The molecule has 7 nitrogen and oxygen atoms in total. The van der Waals surface area contributed by atoms with E-state index in [-0.39, 0.29) is 12.0 Å². The maximum absolute atomic E-state index is 13.5. The number of amides is 1. The normalized spacial score (nSPS) is 18.7. The minimum Gasteiger partial charge on any atom is -0.482 e. The van der Waals surface area contributed by atoms with Gasteiger partial charge in [0.25, 0.3) is 5.91 Å². The van der Waals surface area contributed by atoms with Gasteiger partial charge >= 0.3 is 0 Å². The van der Waals surface area contributed by atoms with E-state index >= 15 is 0 Å². The quantitative estimate of drug-likeness (QED) is 0.462. The number of benzene rings is 2. The van der Waals surface area contributed by atoms with E-state index in [1.54, 1.807) is 0 Å². The number of carbonyl (C=O) groups is 1. The molecule has 4 heterocycles. The van der Waals surface area contributed by atoms with Crippen LogP contribution in [-0.2, 0) is 17.9 Å². The molecule has 2 aromatic heterocycles. The van der Waals surface area contributed by atoms with Crippen molar-refractivity contribution in [2.45, 2.75) is 46.1 Å². The zero-order valence-corrected chi connectivity index (χ0v) is 19.4. The fourth-order valence-corrected chi connectivity index (χ4v) is 4.88. The number of para-hydroxylation sites is 2. The minimum absolute atomic E-state index is 0.0866. The molecule has 2 aromatic carbocycles. The summed E-state index contributed by atoms with van der Waals surface area (Å²) in [6.07, 6.45) is 2.95. The molecule has 0 saturated heterocycles. The molecular weight excluding hydrogens is 428 g/mol. The van der Waals surface area contributed by atoms with Crippen LogP contribution in [0.1, 0.15) is 29.3 Å². The molecule has 34 heavy (non-hydrogen) atoms. The molecule has 0 bridgehead atoms. The van der Waals surface area contributed by atoms with Crippen molar-refractivity contribution < 1.29 is 14.3 Å². The van der Waals surface area contributed by atoms with Crippen molar-refractivity contribution in [1.29, 1.82) is 0 Å². The second-order valence-corrected chi connectivity index (χ2v) is 9.04. The van der Waals surface area contributed by atoms with E-state index in [1.807, 2.05) is 65.3 Å². The number of fused-ring (bicyclic) bond motifs is 2. The Labute approximate surface area is 198 Å². The predicted molar refractivity (Wildman–Crippen MR) is 128 cm³/mol. The first-order chi connectivity index (χ1) is 16.5. The van der Waals surface area contributed by atoms with Gasteiger partial charge in [-0.3, -0.25) is 4.79 Å². The SMILES string of the molecule is Cc1ccc(-n2nc3c(c2-n2cccc2)CN(C(=O)C2Oc4ccccc4OC2C)C3)c(C)c1. The Morgan fingerprint density at radius 3 is 2.44 bits per heavy atom. The van der Waals surface area contributed by atoms with Gasteiger partial charge in [-0.1, -0.05) is 29.8 Å². The molecule has 7 heteroatoms. The van der Waals surface area contributed by atoms with Crippen LogP contribution in [0.4, 0.5) is 0 Å². The first-order valence-corrected chi connectivity index (χ1v) is 11.5. The number of ether oxygens (including phenoxy) is 2. The summed E-state index contributed by atoms with van der Waals surface area (Å²) in [4.78, 5) is 15.3. The predicted octanol–water partition coefficient (Wildman–Crippen LogP) is 4.35. The van der Waals surface area contributed by atoms with E-state index in [2.05, 4.69) is 36.6 Å². The lowest BCUT2D eigenvalue weighted by molar-refractivity contribution is -0.145. The Morgan fingerprint density at radius 2 is 1.71 bits per heavy atom. The number of aryl methyl sites for hydroxylation is 2. The molecular formula is C27H26N4O3. The highest BCUT2D eigenvalue weighted by Gasteiger charge is 2.40. The molecule has 0 N–H and O–H groups in total. The van der Waals surface area contributed by atoms with Crippen LogP contribution in [-0.4, -0.2) is 37.4 Å². The number of hydrogen-bond acceptors (Lipinski definition) is 4. The summed E-state index contributed by atoms with van der Waals surface area (Å²) in [6.45, 7) is 6.98. The van der Waals surface area contributed by atoms with Crippen molar-refractivity contribution in [1.82, 2.24) is 19.2 Å². The van der Waals surface area contributed by atoms with Gasteiger partial charge < -0.3 is 18.9 Å². The van der Waals surface area contributed by atoms with E-state index in [0.29, 0.717) is 24.6 Å². The first kappa shape index (κ1) is 20.6. The third-order valence-corrected chi connectivity index (χ3v) is 6.56. The second kappa shape index (κ2) is 7.80. The van der Waals surface area contributed by atoms with Crippen LogP contribution >= 0.6 is 0 Å². The van der Waals surface area contributed by atoms with Crippen LogP contribution in [0.5, 0.6) is 11.5 Å². The van der Waals surface area contributed by atoms with Gasteiger partial charge in [0.05, 0.1) is 24.5 Å². The van der Waals surface area contributed by atoms with Crippen molar-refractivity contribution in [2.24, 2.45) is 0 Å². The van der Waals surface area contributed by atoms with Crippen LogP contribution in [0.15, 0.2) is 67.0 Å². The lowest BCUT2D eigenvalue weighted by Crippen LogP contribution is -2.49. The minimum atomic E-state index is -0.694. The number of hydrogen-bond donors (Lipinski definition) is 0. The smallest absolute Gasteiger partial charge is 0.268 e. The van der Waals surface area contributed by atoms with Gasteiger partial charge in [0, 0.05) is 18.0 Å². The average Bonchev–Trinajstić information content (AvgIpc) is 3.54. The lowest BCUT2D eigenvalue weighted by atomic mass is 10.1. The molecule has 0 aliphatic carbocycles. The van der Waals surface area contributed by atoms with Crippen LogP contribution in [0.2, 0.25) is 0 Å². The fraction of sp³-hybridized carbons (Fsp3) is 0.259. The lowest BCUT2D eigenvalue weighted by Gasteiger charge is -2.33. The summed E-state index contributed by atoms with van der Waals surface area (Å²) >= 11 is 0. The van der Waals surface area contributed by atoms with Gasteiger partial charge in [-0.15, -0.1) is 0 Å². The zero-order chi connectivity index (χ0) is 23.4. The Kier molecular flexibility index (Phi) is 4.72. The molecule has 6 rings (SSSR count). The monoisotopic (exact) mass is 454 g/mol. The molecule has 0 spiro atoms. The standard InChI is InChI=1S/C27H26N4O3/c1-17-10-11-22(18(2)14-17)31-26(29-12-6-7-13-29)20-15-30(16-21(20)28-31)27(32)25-19(3)33-23-8-4-5-9-24(23)34-25/h4-14,19,25H,15-16H2,1-3H3. The molecule has 0 saturated carbocycles. The molecule has 1 amide bonds. The van der Waals surface area contributed by atoms with E-state index in [1.165, 1.54) is 5.56 Å². The number of rotatable bonds is 3. The van der Waals surface area contributed by atoms with E-state index in [0.717, 1.165) is 28.3 Å². The van der Waals surface area contributed by atoms with Gasteiger partial charge in [0.2, 0.25) is 6.10 Å². The van der Waals surface area contributed by atoms with Crippen LogP contribution in [0, 0.1) is 13.8 Å². The topological polar surface area (TPSA) is 61.5 Å². The third-order valence-electron chi connectivity index (χ3n) is 6.56. The van der Waals surface area contributed by atoms with Crippen molar-refractivity contribution in [3.05, 3.63) is 89.4 Å². The highest BCUT2D eigenvalue weighted by Crippen LogP contribution is 2.36. The van der Waals surface area contributed by atoms with Gasteiger partial charge in [0.15, 0.2) is 11.5 Å². The fourth-order valence-electron chi connectivity index (χ4n) is 4.88. The molecule has 0 fully saturated rings. The molecule has 2 unspecified atom stereocenters. The molecule has 172 valence electrons. The third kappa shape index (κ3) is 3.27. The van der Waals surface area contributed by atoms with Crippen molar-refractivity contribution in [2.75, 3.05) is 0 Å². The number of carbonyl (C=O) groups excluding carboxylic acids is 1.